The van der Waals surface area contributed by atoms with E-state index in [9.17, 15) is 26.0 Å². The molecule has 3 aromatic carbocycles. The largest absolute Gasteiger partial charge is 0.346 e. The second-order valence-corrected chi connectivity index (χ2v) is 10.8. The van der Waals surface area contributed by atoms with Crippen LogP contribution in [0.3, 0.4) is 0 Å². The Bertz CT molecular complexity index is 1340. The molecule has 8 nitrogen and oxygen atoms in total. The normalized spacial score (nSPS) is 12.6. The Morgan fingerprint density at radius 2 is 1.30 bits per heavy atom. The van der Waals surface area contributed by atoms with Gasteiger partial charge in [-0.2, -0.15) is 0 Å². The molecule has 174 valence electrons. The molecule has 0 heterocycles. The van der Waals surface area contributed by atoms with Crippen LogP contribution >= 0.6 is 0 Å². The van der Waals surface area contributed by atoms with Gasteiger partial charge in [0.05, 0.1) is 17.2 Å². The number of amides is 1. The van der Waals surface area contributed by atoms with E-state index >= 15 is 0 Å². The average Bonchev–Trinajstić information content (AvgIpc) is 2.73. The van der Waals surface area contributed by atoms with E-state index in [0.29, 0.717) is 11.3 Å². The lowest BCUT2D eigenvalue weighted by Crippen LogP contribution is -2.26. The molecule has 3 aromatic rings. The summed E-state index contributed by atoms with van der Waals surface area (Å²) in [5.41, 5.74) is 1.75. The Morgan fingerprint density at radius 1 is 0.788 bits per heavy atom. The average molecular weight is 492 g/mol. The maximum Gasteiger partial charge on any atom is 0.261 e. The molecule has 0 fully saturated rings. The minimum Gasteiger partial charge on any atom is -0.346 e. The minimum atomic E-state index is -3.89. The van der Waals surface area contributed by atoms with Crippen molar-refractivity contribution in [2.24, 2.45) is 0 Å². The van der Waals surface area contributed by atoms with Crippen LogP contribution in [-0.4, -0.2) is 29.0 Å². The molecular formula is C22H22FN3O5S2. The summed E-state index contributed by atoms with van der Waals surface area (Å²) in [6.07, 6.45) is 1.06. The summed E-state index contributed by atoms with van der Waals surface area (Å²) in [5, 5.41) is 2.83. The van der Waals surface area contributed by atoms with Crippen molar-refractivity contribution in [1.29, 1.82) is 0 Å². The predicted octanol–water partition coefficient (Wildman–Crippen LogP) is 3.49. The van der Waals surface area contributed by atoms with Gasteiger partial charge in [-0.05, 0) is 73.2 Å². The summed E-state index contributed by atoms with van der Waals surface area (Å²) in [5.74, 6) is -0.908. The van der Waals surface area contributed by atoms with Gasteiger partial charge < -0.3 is 5.32 Å². The molecule has 0 radical (unpaired) electrons. The highest BCUT2D eigenvalue weighted by atomic mass is 32.2. The van der Waals surface area contributed by atoms with Crippen LogP contribution in [0.1, 0.15) is 28.9 Å². The summed E-state index contributed by atoms with van der Waals surface area (Å²) in [4.78, 5) is 12.5. The number of hydrogen-bond acceptors (Lipinski definition) is 5. The zero-order valence-corrected chi connectivity index (χ0v) is 19.4. The Morgan fingerprint density at radius 3 is 1.85 bits per heavy atom. The molecule has 1 amide bonds. The van der Waals surface area contributed by atoms with Crippen LogP contribution in [0.5, 0.6) is 0 Å². The number of hydrogen-bond donors (Lipinski definition) is 3. The quantitative estimate of drug-likeness (QED) is 0.445. The first kappa shape index (κ1) is 24.2. The Kier molecular flexibility index (Phi) is 7.04. The molecule has 0 aliphatic heterocycles. The zero-order chi connectivity index (χ0) is 24.2. The van der Waals surface area contributed by atoms with Gasteiger partial charge in [0, 0.05) is 16.9 Å². The molecule has 0 aliphatic carbocycles. The Balaban J connectivity index is 1.63. The fourth-order valence-corrected chi connectivity index (χ4v) is 4.56. The molecule has 11 heteroatoms. The van der Waals surface area contributed by atoms with Crippen LogP contribution in [-0.2, 0) is 20.0 Å². The number of rotatable bonds is 8. The number of halogens is 1. The second kappa shape index (κ2) is 9.59. The number of carbonyl (C=O) groups is 1. The summed E-state index contributed by atoms with van der Waals surface area (Å²) in [7, 11) is -7.27. The van der Waals surface area contributed by atoms with E-state index in [-0.39, 0.29) is 22.5 Å². The van der Waals surface area contributed by atoms with Gasteiger partial charge in [-0.15, -0.1) is 0 Å². The predicted molar refractivity (Wildman–Crippen MR) is 124 cm³/mol. The van der Waals surface area contributed by atoms with Gasteiger partial charge in [-0.3, -0.25) is 14.2 Å². The number of anilines is 2. The highest BCUT2D eigenvalue weighted by Gasteiger charge is 2.16. The summed E-state index contributed by atoms with van der Waals surface area (Å²) in [6, 6.07) is 16.5. The maximum absolute atomic E-state index is 13.0. The standard InChI is InChI=1S/C22H22FN3O5S2/c1-15(16-3-9-19(10-4-16)25-32(2,28)29)24-22(27)17-5-11-20(12-6-17)26-33(30,31)21-13-7-18(23)8-14-21/h3-15,25-26H,1-2H3,(H,24,27)/t15-/m1/s1. The summed E-state index contributed by atoms with van der Waals surface area (Å²) >= 11 is 0. The fraction of sp³-hybridized carbons (Fsp3) is 0.136. The number of sulfonamides is 2. The first-order chi connectivity index (χ1) is 15.4. The van der Waals surface area contributed by atoms with Crippen LogP contribution in [0.2, 0.25) is 0 Å². The van der Waals surface area contributed by atoms with Crippen LogP contribution in [0.25, 0.3) is 0 Å². The minimum absolute atomic E-state index is 0.0858. The van der Waals surface area contributed by atoms with E-state index in [1.807, 2.05) is 0 Å². The number of benzene rings is 3. The van der Waals surface area contributed by atoms with E-state index in [4.69, 9.17) is 0 Å². The lowest BCUT2D eigenvalue weighted by Gasteiger charge is -2.15. The van der Waals surface area contributed by atoms with Gasteiger partial charge >= 0.3 is 0 Å². The Hall–Kier alpha value is -3.44. The van der Waals surface area contributed by atoms with E-state index in [1.54, 1.807) is 31.2 Å². The van der Waals surface area contributed by atoms with Crippen molar-refractivity contribution in [3.63, 3.8) is 0 Å². The van der Waals surface area contributed by atoms with Gasteiger partial charge in [0.15, 0.2) is 0 Å². The van der Waals surface area contributed by atoms with E-state index in [1.165, 1.54) is 24.3 Å². The molecule has 0 saturated carbocycles. The molecule has 0 aromatic heterocycles. The molecule has 0 aliphatic rings. The van der Waals surface area contributed by atoms with Gasteiger partial charge in [0.25, 0.3) is 15.9 Å². The first-order valence-corrected chi connectivity index (χ1v) is 13.1. The SMILES string of the molecule is C[C@@H](NC(=O)c1ccc(NS(=O)(=O)c2ccc(F)cc2)cc1)c1ccc(NS(C)(=O)=O)cc1. The monoisotopic (exact) mass is 491 g/mol. The third kappa shape index (κ3) is 6.77. The van der Waals surface area contributed by atoms with Crippen molar-refractivity contribution in [3.05, 3.63) is 89.7 Å². The molecular weight excluding hydrogens is 469 g/mol. The second-order valence-electron chi connectivity index (χ2n) is 7.33. The molecule has 33 heavy (non-hydrogen) atoms. The smallest absolute Gasteiger partial charge is 0.261 e. The van der Waals surface area contributed by atoms with Crippen molar-refractivity contribution < 1.29 is 26.0 Å². The zero-order valence-electron chi connectivity index (χ0n) is 17.7. The molecule has 3 rings (SSSR count). The first-order valence-electron chi connectivity index (χ1n) is 9.70. The summed E-state index contributed by atoms with van der Waals surface area (Å²) < 4.78 is 65.1. The van der Waals surface area contributed by atoms with Crippen molar-refractivity contribution in [1.82, 2.24) is 5.32 Å². The highest BCUT2D eigenvalue weighted by Crippen LogP contribution is 2.19. The van der Waals surface area contributed by atoms with E-state index in [2.05, 4.69) is 14.8 Å². The number of carbonyl (C=O) groups excluding carboxylic acids is 1. The van der Waals surface area contributed by atoms with Crippen molar-refractivity contribution >= 4 is 37.3 Å². The van der Waals surface area contributed by atoms with Crippen LogP contribution in [0.4, 0.5) is 15.8 Å². The van der Waals surface area contributed by atoms with Gasteiger partial charge in [-0.25, -0.2) is 21.2 Å². The lowest BCUT2D eigenvalue weighted by molar-refractivity contribution is 0.0940. The molecule has 0 saturated heterocycles. The van der Waals surface area contributed by atoms with Gasteiger partial charge in [0.1, 0.15) is 5.82 Å². The maximum atomic E-state index is 13.0. The lowest BCUT2D eigenvalue weighted by atomic mass is 10.1. The molecule has 0 spiro atoms. The van der Waals surface area contributed by atoms with Gasteiger partial charge in [0.2, 0.25) is 10.0 Å². The number of nitrogens with one attached hydrogen (secondary N) is 3. The fourth-order valence-electron chi connectivity index (χ4n) is 2.93. The molecule has 0 bridgehead atoms. The summed E-state index contributed by atoms with van der Waals surface area (Å²) in [6.45, 7) is 1.78. The van der Waals surface area contributed by atoms with Crippen molar-refractivity contribution in [2.45, 2.75) is 17.9 Å². The third-order valence-electron chi connectivity index (χ3n) is 4.58. The Labute approximate surface area is 192 Å². The van der Waals surface area contributed by atoms with Crippen molar-refractivity contribution in [3.8, 4) is 0 Å². The van der Waals surface area contributed by atoms with Gasteiger partial charge in [-0.1, -0.05) is 12.1 Å². The highest BCUT2D eigenvalue weighted by molar-refractivity contribution is 7.92. The van der Waals surface area contributed by atoms with E-state index in [0.717, 1.165) is 36.1 Å². The van der Waals surface area contributed by atoms with Crippen LogP contribution in [0, 0.1) is 5.82 Å². The van der Waals surface area contributed by atoms with Crippen LogP contribution in [0.15, 0.2) is 77.7 Å². The third-order valence-corrected chi connectivity index (χ3v) is 6.59. The topological polar surface area (TPSA) is 121 Å². The molecule has 0 unspecified atom stereocenters. The van der Waals surface area contributed by atoms with Crippen molar-refractivity contribution in [2.75, 3.05) is 15.7 Å². The van der Waals surface area contributed by atoms with Crippen LogP contribution < -0.4 is 14.8 Å². The van der Waals surface area contributed by atoms with E-state index < -0.39 is 25.9 Å². The molecule has 1 atom stereocenters. The molecule has 3 N–H and O–H groups in total.